The zero-order valence-corrected chi connectivity index (χ0v) is 22.3. The Morgan fingerprint density at radius 2 is 1.89 bits per heavy atom. The molecule has 196 valence electrons. The summed E-state index contributed by atoms with van der Waals surface area (Å²) < 4.78 is 13.2. The maximum Gasteiger partial charge on any atom is 0.276 e. The van der Waals surface area contributed by atoms with Gasteiger partial charge in [-0.2, -0.15) is 10.1 Å². The molecule has 1 aromatic carbocycles. The van der Waals surface area contributed by atoms with E-state index in [1.807, 2.05) is 25.7 Å². The number of anilines is 1. The Morgan fingerprint density at radius 1 is 1.11 bits per heavy atom. The Labute approximate surface area is 219 Å². The summed E-state index contributed by atoms with van der Waals surface area (Å²) in [6.07, 6.45) is 4.50. The largest absolute Gasteiger partial charge is 0.454 e. The van der Waals surface area contributed by atoms with Crippen LogP contribution in [0.3, 0.4) is 0 Å². The maximum atomic E-state index is 13.8. The lowest BCUT2D eigenvalue weighted by Gasteiger charge is -2.28. The van der Waals surface area contributed by atoms with Crippen LogP contribution in [0.1, 0.15) is 67.3 Å². The van der Waals surface area contributed by atoms with E-state index >= 15 is 0 Å². The van der Waals surface area contributed by atoms with Crippen LogP contribution in [0.25, 0.3) is 10.3 Å². The molecule has 1 atom stereocenters. The number of benzene rings is 1. The van der Waals surface area contributed by atoms with Crippen molar-refractivity contribution in [3.63, 3.8) is 0 Å². The monoisotopic (exact) mass is 524 g/mol. The lowest BCUT2D eigenvalue weighted by atomic mass is 10.1. The van der Waals surface area contributed by atoms with Gasteiger partial charge in [-0.25, -0.2) is 4.68 Å². The van der Waals surface area contributed by atoms with E-state index in [9.17, 15) is 9.59 Å². The first kappa shape index (κ1) is 24.2. The number of ether oxygens (including phenoxy) is 2. The van der Waals surface area contributed by atoms with Gasteiger partial charge in [0.05, 0.1) is 5.54 Å². The van der Waals surface area contributed by atoms with E-state index in [4.69, 9.17) is 19.6 Å². The van der Waals surface area contributed by atoms with Crippen LogP contribution in [-0.4, -0.2) is 75.4 Å². The molecule has 0 bridgehead atoms. The number of nitrogens with one attached hydrogen (secondary N) is 1. The average molecular weight is 525 g/mol. The molecule has 37 heavy (non-hydrogen) atoms. The number of amides is 2. The normalized spacial score (nSPS) is 19.8. The smallest absolute Gasteiger partial charge is 0.276 e. The fourth-order valence-electron chi connectivity index (χ4n) is 5.36. The second-order valence-electron chi connectivity index (χ2n) is 10.9. The Morgan fingerprint density at radius 3 is 2.68 bits per heavy atom. The van der Waals surface area contributed by atoms with E-state index in [2.05, 4.69) is 10.2 Å². The molecular formula is C26H32N6O4S. The van der Waals surface area contributed by atoms with Crippen LogP contribution in [0.4, 0.5) is 5.13 Å². The molecule has 3 aliphatic heterocycles. The number of thiazole rings is 1. The topological polar surface area (TPSA) is 102 Å². The Bertz CT molecular complexity index is 1350. The number of rotatable bonds is 5. The molecule has 2 fully saturated rings. The SMILES string of the molecule is CC(C)(C)n1nc(C(=O)N2CCC[C@H]2CN2CCCC2)c2sc(NC(=O)c3ccc4c(c3)OCO4)nc21. The van der Waals surface area contributed by atoms with Crippen LogP contribution in [-0.2, 0) is 5.54 Å². The van der Waals surface area contributed by atoms with Crippen molar-refractivity contribution in [2.24, 2.45) is 0 Å². The first-order chi connectivity index (χ1) is 17.8. The summed E-state index contributed by atoms with van der Waals surface area (Å²) in [4.78, 5) is 36.0. The van der Waals surface area contributed by atoms with Crippen LogP contribution in [0.15, 0.2) is 18.2 Å². The third-order valence-corrected chi connectivity index (χ3v) is 8.19. The van der Waals surface area contributed by atoms with Gasteiger partial charge in [-0.05, 0) is 77.7 Å². The predicted molar refractivity (Wildman–Crippen MR) is 141 cm³/mol. The Kier molecular flexibility index (Phi) is 6.07. The van der Waals surface area contributed by atoms with E-state index in [0.29, 0.717) is 38.2 Å². The van der Waals surface area contributed by atoms with Crippen LogP contribution in [0, 0.1) is 0 Å². The highest BCUT2D eigenvalue weighted by atomic mass is 32.1. The van der Waals surface area contributed by atoms with Crippen LogP contribution in [0.5, 0.6) is 11.5 Å². The van der Waals surface area contributed by atoms with Gasteiger partial charge < -0.3 is 19.3 Å². The van der Waals surface area contributed by atoms with Crippen LogP contribution < -0.4 is 14.8 Å². The minimum Gasteiger partial charge on any atom is -0.454 e. The number of carbonyl (C=O) groups is 2. The minimum absolute atomic E-state index is 0.0491. The summed E-state index contributed by atoms with van der Waals surface area (Å²) in [7, 11) is 0. The number of aromatic nitrogens is 3. The van der Waals surface area contributed by atoms with E-state index in [0.717, 1.165) is 39.0 Å². The highest BCUT2D eigenvalue weighted by Crippen LogP contribution is 2.35. The molecule has 0 radical (unpaired) electrons. The van der Waals surface area contributed by atoms with Crippen LogP contribution >= 0.6 is 11.3 Å². The van der Waals surface area contributed by atoms with E-state index in [1.54, 1.807) is 22.9 Å². The molecule has 11 heteroatoms. The zero-order valence-electron chi connectivity index (χ0n) is 21.5. The fraction of sp³-hybridized carbons (Fsp3) is 0.538. The molecule has 2 saturated heterocycles. The van der Waals surface area contributed by atoms with Gasteiger partial charge in [-0.3, -0.25) is 14.9 Å². The summed E-state index contributed by atoms with van der Waals surface area (Å²) in [6, 6.07) is 5.28. The quantitative estimate of drug-likeness (QED) is 0.540. The lowest BCUT2D eigenvalue weighted by molar-refractivity contribution is 0.0703. The molecule has 10 nitrogen and oxygen atoms in total. The van der Waals surface area contributed by atoms with Gasteiger partial charge in [0.15, 0.2) is 28.0 Å². The first-order valence-electron chi connectivity index (χ1n) is 12.9. The summed E-state index contributed by atoms with van der Waals surface area (Å²) in [6.45, 7) is 10.1. The molecule has 3 aliphatic rings. The average Bonchev–Trinajstić information content (AvgIpc) is 3.66. The zero-order chi connectivity index (χ0) is 25.7. The molecule has 0 unspecified atom stereocenters. The Hall–Kier alpha value is -3.18. The molecule has 6 rings (SSSR count). The van der Waals surface area contributed by atoms with Crippen molar-refractivity contribution < 1.29 is 19.1 Å². The molecule has 0 spiro atoms. The molecule has 5 heterocycles. The van der Waals surface area contributed by atoms with Crippen molar-refractivity contribution >= 4 is 38.6 Å². The van der Waals surface area contributed by atoms with Gasteiger partial charge in [-0.1, -0.05) is 11.3 Å². The van der Waals surface area contributed by atoms with Gasteiger partial charge in [-0.15, -0.1) is 0 Å². The van der Waals surface area contributed by atoms with Crippen molar-refractivity contribution in [2.45, 2.75) is 58.0 Å². The lowest BCUT2D eigenvalue weighted by Crippen LogP contribution is -2.42. The van der Waals surface area contributed by atoms with E-state index in [1.165, 1.54) is 24.2 Å². The van der Waals surface area contributed by atoms with Gasteiger partial charge >= 0.3 is 0 Å². The van der Waals surface area contributed by atoms with Gasteiger partial charge in [0.2, 0.25) is 6.79 Å². The summed E-state index contributed by atoms with van der Waals surface area (Å²) >= 11 is 1.29. The maximum absolute atomic E-state index is 13.8. The van der Waals surface area contributed by atoms with Gasteiger partial charge in [0.25, 0.3) is 11.8 Å². The summed E-state index contributed by atoms with van der Waals surface area (Å²) in [5.41, 5.74) is 1.08. The standard InChI is InChI=1S/C26H32N6O4S/c1-26(2,3)32-22-21(20(29-32)24(34)31-12-6-7-17(31)14-30-10-4-5-11-30)37-25(27-22)28-23(33)16-8-9-18-19(13-16)36-15-35-18/h8-9,13,17H,4-7,10-12,14-15H2,1-3H3,(H,27,28,33)/t17-/m0/s1. The molecule has 2 aromatic heterocycles. The number of carbonyl (C=O) groups excluding carboxylic acids is 2. The van der Waals surface area contributed by atoms with Crippen molar-refractivity contribution in [3.8, 4) is 11.5 Å². The number of hydrogen-bond donors (Lipinski definition) is 1. The number of likely N-dealkylation sites (tertiary alicyclic amines) is 2. The van der Waals surface area contributed by atoms with Crippen molar-refractivity contribution in [1.82, 2.24) is 24.6 Å². The minimum atomic E-state index is -0.385. The summed E-state index contributed by atoms with van der Waals surface area (Å²) in [5, 5.41) is 8.09. The molecule has 0 aliphatic carbocycles. The third-order valence-electron chi connectivity index (χ3n) is 7.22. The molecule has 0 saturated carbocycles. The molecular weight excluding hydrogens is 492 g/mol. The second-order valence-corrected chi connectivity index (χ2v) is 11.9. The Balaban J connectivity index is 1.29. The van der Waals surface area contributed by atoms with Crippen LogP contribution in [0.2, 0.25) is 0 Å². The number of nitrogens with zero attached hydrogens (tertiary/aromatic N) is 5. The van der Waals surface area contributed by atoms with E-state index < -0.39 is 0 Å². The highest BCUT2D eigenvalue weighted by molar-refractivity contribution is 7.22. The molecule has 3 aromatic rings. The molecule has 1 N–H and O–H groups in total. The first-order valence-corrected chi connectivity index (χ1v) is 13.7. The van der Waals surface area contributed by atoms with E-state index in [-0.39, 0.29) is 30.2 Å². The molecule has 2 amide bonds. The van der Waals surface area contributed by atoms with Crippen molar-refractivity contribution in [1.29, 1.82) is 0 Å². The predicted octanol–water partition coefficient (Wildman–Crippen LogP) is 3.93. The second kappa shape index (κ2) is 9.29. The number of fused-ring (bicyclic) bond motifs is 2. The highest BCUT2D eigenvalue weighted by Gasteiger charge is 2.35. The third kappa shape index (κ3) is 4.54. The van der Waals surface area contributed by atoms with Gasteiger partial charge in [0, 0.05) is 24.7 Å². The number of hydrogen-bond acceptors (Lipinski definition) is 8. The van der Waals surface area contributed by atoms with Crippen molar-refractivity contribution in [2.75, 3.05) is 38.3 Å². The summed E-state index contributed by atoms with van der Waals surface area (Å²) in [5.74, 6) is 0.812. The fourth-order valence-corrected chi connectivity index (χ4v) is 6.28. The van der Waals surface area contributed by atoms with Crippen molar-refractivity contribution in [3.05, 3.63) is 29.5 Å². The van der Waals surface area contributed by atoms with Gasteiger partial charge in [0.1, 0.15) is 4.70 Å².